The summed E-state index contributed by atoms with van der Waals surface area (Å²) < 4.78 is 13.2. The van der Waals surface area contributed by atoms with E-state index in [9.17, 15) is 0 Å². The Balaban J connectivity index is 2.00. The van der Waals surface area contributed by atoms with Gasteiger partial charge in [0.2, 0.25) is 0 Å². The number of allylic oxidation sites excluding steroid dienone is 1. The monoisotopic (exact) mass is 705 g/mol. The predicted octanol–water partition coefficient (Wildman–Crippen LogP) is 15.5. The van der Waals surface area contributed by atoms with Gasteiger partial charge in [0.1, 0.15) is 11.5 Å². The molecule has 0 fully saturated rings. The lowest BCUT2D eigenvalue weighted by atomic mass is 9.99. The summed E-state index contributed by atoms with van der Waals surface area (Å²) in [4.78, 5) is 0.846. The van der Waals surface area contributed by atoms with Crippen LogP contribution in [0.2, 0.25) is 0 Å². The van der Waals surface area contributed by atoms with E-state index in [0.717, 1.165) is 66.4 Å². The summed E-state index contributed by atoms with van der Waals surface area (Å²) in [5, 5.41) is 0. The van der Waals surface area contributed by atoms with Gasteiger partial charge in [-0.1, -0.05) is 211 Å². The number of unbranched alkanes of at least 4 members (excludes halogenated alkanes) is 20. The summed E-state index contributed by atoms with van der Waals surface area (Å²) in [6, 6.07) is 14.7. The Bertz CT molecular complexity index is 1070. The number of ether oxygens (including phenoxy) is 2. The van der Waals surface area contributed by atoms with Gasteiger partial charge >= 0.3 is 0 Å². The third-order valence-corrected chi connectivity index (χ3v) is 10.3. The van der Waals surface area contributed by atoms with Crippen LogP contribution in [-0.4, -0.2) is 18.1 Å². The summed E-state index contributed by atoms with van der Waals surface area (Å²) in [6.45, 7) is 10.8. The zero-order valence-corrected chi connectivity index (χ0v) is 33.9. The highest BCUT2D eigenvalue weighted by molar-refractivity contribution is 7.81. The van der Waals surface area contributed by atoms with Gasteiger partial charge in [-0.05, 0) is 60.9 Å². The van der Waals surface area contributed by atoms with Crippen LogP contribution in [0, 0.1) is 5.92 Å². The minimum atomic E-state index is 0.692. The second kappa shape index (κ2) is 30.5. The normalized spacial score (nSPS) is 11.5. The fourth-order valence-corrected chi connectivity index (χ4v) is 6.90. The Kier molecular flexibility index (Phi) is 26.9. The molecule has 2 aromatic carbocycles. The van der Waals surface area contributed by atoms with Crippen molar-refractivity contribution < 1.29 is 9.47 Å². The molecule has 0 saturated carbocycles. The number of rotatable bonds is 33. The van der Waals surface area contributed by atoms with Gasteiger partial charge in [-0.2, -0.15) is 0 Å². The third-order valence-electron chi connectivity index (χ3n) is 9.90. The first kappa shape index (κ1) is 44.0. The summed E-state index contributed by atoms with van der Waals surface area (Å²) >= 11 is 5.76. The lowest BCUT2D eigenvalue weighted by molar-refractivity contribution is 0.283. The molecular formula is C47H76O2S. The molecule has 50 heavy (non-hydrogen) atoms. The van der Waals surface area contributed by atoms with E-state index < -0.39 is 0 Å². The number of hydrogen-bond acceptors (Lipinski definition) is 3. The Hall–Kier alpha value is -2.13. The maximum Gasteiger partial charge on any atom is 0.126 e. The van der Waals surface area contributed by atoms with E-state index in [0.29, 0.717) is 5.92 Å². The van der Waals surface area contributed by atoms with E-state index >= 15 is 0 Å². The van der Waals surface area contributed by atoms with Gasteiger partial charge in [-0.3, -0.25) is 0 Å². The summed E-state index contributed by atoms with van der Waals surface area (Å²) in [5.74, 6) is 2.70. The molecule has 0 radical (unpaired) electrons. The second-order valence-electron chi connectivity index (χ2n) is 15.1. The molecule has 0 N–H and O–H groups in total. The van der Waals surface area contributed by atoms with Crippen molar-refractivity contribution in [2.24, 2.45) is 5.92 Å². The lowest BCUT2D eigenvalue weighted by Gasteiger charge is -2.18. The quantitative estimate of drug-likeness (QED) is 0.0319. The Morgan fingerprint density at radius 1 is 0.580 bits per heavy atom. The zero-order chi connectivity index (χ0) is 35.9. The summed E-state index contributed by atoms with van der Waals surface area (Å²) in [6.07, 6.45) is 37.1. The van der Waals surface area contributed by atoms with Crippen LogP contribution < -0.4 is 9.47 Å². The first-order valence-electron chi connectivity index (χ1n) is 21.2. The van der Waals surface area contributed by atoms with Crippen molar-refractivity contribution >= 4 is 23.2 Å². The molecule has 0 aliphatic heterocycles. The van der Waals surface area contributed by atoms with E-state index in [1.807, 2.05) is 18.2 Å². The molecule has 3 heteroatoms. The Morgan fingerprint density at radius 2 is 1.00 bits per heavy atom. The van der Waals surface area contributed by atoms with E-state index in [1.54, 1.807) is 0 Å². The van der Waals surface area contributed by atoms with Crippen molar-refractivity contribution in [3.8, 4) is 11.5 Å². The van der Waals surface area contributed by atoms with Crippen molar-refractivity contribution in [1.29, 1.82) is 0 Å². The number of benzene rings is 2. The highest BCUT2D eigenvalue weighted by atomic mass is 32.1. The van der Waals surface area contributed by atoms with Gasteiger partial charge in [-0.15, -0.1) is 0 Å². The molecule has 0 heterocycles. The van der Waals surface area contributed by atoms with Gasteiger partial charge in [0.05, 0.1) is 13.2 Å². The molecule has 0 unspecified atom stereocenters. The molecule has 0 aliphatic carbocycles. The molecular weight excluding hydrogens is 629 g/mol. The SMILES string of the molecule is CCCCCCCCCCCCCOc1cc(C=CC(=S)c2ccccc2)cc(OCCCCCCCCCCCCC)c1CCCC(C)C. The van der Waals surface area contributed by atoms with Crippen LogP contribution >= 0.6 is 12.2 Å². The van der Waals surface area contributed by atoms with Crippen LogP contribution in [0.3, 0.4) is 0 Å². The molecule has 0 atom stereocenters. The van der Waals surface area contributed by atoms with Crippen LogP contribution in [0.25, 0.3) is 6.08 Å². The van der Waals surface area contributed by atoms with Crippen LogP contribution in [0.1, 0.15) is 198 Å². The Morgan fingerprint density at radius 3 is 1.42 bits per heavy atom. The van der Waals surface area contributed by atoms with E-state index in [4.69, 9.17) is 21.7 Å². The predicted molar refractivity (Wildman–Crippen MR) is 225 cm³/mol. The fourth-order valence-electron chi connectivity index (χ4n) is 6.69. The second-order valence-corrected chi connectivity index (χ2v) is 15.6. The van der Waals surface area contributed by atoms with Gasteiger partial charge in [0, 0.05) is 10.4 Å². The maximum atomic E-state index is 6.62. The van der Waals surface area contributed by atoms with E-state index in [-0.39, 0.29) is 0 Å². The first-order valence-corrected chi connectivity index (χ1v) is 21.7. The smallest absolute Gasteiger partial charge is 0.126 e. The van der Waals surface area contributed by atoms with Crippen LogP contribution in [-0.2, 0) is 6.42 Å². The molecule has 0 saturated heterocycles. The minimum absolute atomic E-state index is 0.692. The Labute approximate surface area is 315 Å². The fraction of sp³-hybridized carbons (Fsp3) is 0.681. The molecule has 2 aromatic rings. The van der Waals surface area contributed by atoms with Crippen LogP contribution in [0.4, 0.5) is 0 Å². The van der Waals surface area contributed by atoms with Crippen LogP contribution in [0.15, 0.2) is 48.5 Å². The lowest BCUT2D eigenvalue weighted by Crippen LogP contribution is -2.06. The third kappa shape index (κ3) is 21.9. The number of thiocarbonyl (C=S) groups is 1. The molecule has 0 bridgehead atoms. The van der Waals surface area contributed by atoms with Crippen molar-refractivity contribution in [2.75, 3.05) is 13.2 Å². The van der Waals surface area contributed by atoms with Gasteiger partial charge in [-0.25, -0.2) is 0 Å². The molecule has 2 nitrogen and oxygen atoms in total. The average molecular weight is 705 g/mol. The van der Waals surface area contributed by atoms with Crippen molar-refractivity contribution in [3.63, 3.8) is 0 Å². The minimum Gasteiger partial charge on any atom is -0.493 e. The van der Waals surface area contributed by atoms with E-state index in [1.165, 1.54) is 140 Å². The molecule has 0 aromatic heterocycles. The summed E-state index contributed by atoms with van der Waals surface area (Å²) in [5.41, 5.74) is 3.42. The molecule has 0 amide bonds. The first-order chi connectivity index (χ1) is 24.5. The molecule has 0 aliphatic rings. The van der Waals surface area contributed by atoms with Crippen LogP contribution in [0.5, 0.6) is 11.5 Å². The van der Waals surface area contributed by atoms with Gasteiger partial charge < -0.3 is 9.47 Å². The van der Waals surface area contributed by atoms with Crippen molar-refractivity contribution in [2.45, 2.75) is 188 Å². The van der Waals surface area contributed by atoms with Crippen molar-refractivity contribution in [1.82, 2.24) is 0 Å². The molecule has 282 valence electrons. The standard InChI is InChI=1S/C47H76O2S/c1-5-7-9-11-13-15-17-19-21-23-28-37-48-45-39-42(35-36-47(50)43-32-26-25-27-33-43)40-46(44(45)34-30-31-41(3)4)49-38-29-24-22-20-18-16-14-12-10-8-6-2/h25-27,32-33,35-36,39-41H,5-24,28-31,34,37-38H2,1-4H3. The van der Waals surface area contributed by atoms with Gasteiger partial charge in [0.25, 0.3) is 0 Å². The maximum absolute atomic E-state index is 6.62. The molecule has 0 spiro atoms. The largest absolute Gasteiger partial charge is 0.493 e. The summed E-state index contributed by atoms with van der Waals surface area (Å²) in [7, 11) is 0. The topological polar surface area (TPSA) is 18.5 Å². The molecule has 2 rings (SSSR count). The highest BCUT2D eigenvalue weighted by Crippen LogP contribution is 2.34. The zero-order valence-electron chi connectivity index (χ0n) is 33.1. The van der Waals surface area contributed by atoms with Crippen molar-refractivity contribution in [3.05, 3.63) is 65.2 Å². The van der Waals surface area contributed by atoms with E-state index in [2.05, 4.69) is 64.1 Å². The number of hydrogen-bond donors (Lipinski definition) is 0. The average Bonchev–Trinajstić information content (AvgIpc) is 3.12. The van der Waals surface area contributed by atoms with Gasteiger partial charge in [0.15, 0.2) is 0 Å². The highest BCUT2D eigenvalue weighted by Gasteiger charge is 2.14.